The normalized spacial score (nSPS) is 13.2. The third-order valence-electron chi connectivity index (χ3n) is 3.99. The third-order valence-corrected chi connectivity index (χ3v) is 3.99. The highest BCUT2D eigenvalue weighted by Gasteiger charge is 2.13. The first-order valence-electron chi connectivity index (χ1n) is 7.42. The molecule has 20 heavy (non-hydrogen) atoms. The summed E-state index contributed by atoms with van der Waals surface area (Å²) in [6, 6.07) is 15.3. The van der Waals surface area contributed by atoms with Crippen molar-refractivity contribution < 1.29 is 0 Å². The van der Waals surface area contributed by atoms with E-state index in [0.717, 1.165) is 19.5 Å². The molecule has 1 heterocycles. The second-order valence-electron chi connectivity index (χ2n) is 5.76. The van der Waals surface area contributed by atoms with Gasteiger partial charge in [-0.05, 0) is 41.2 Å². The third kappa shape index (κ3) is 2.64. The molecular formula is C18H22N2. The van der Waals surface area contributed by atoms with Crippen LogP contribution in [0, 0.1) is 0 Å². The fourth-order valence-corrected chi connectivity index (χ4v) is 2.74. The summed E-state index contributed by atoms with van der Waals surface area (Å²) < 4.78 is 0. The Labute approximate surface area is 121 Å². The largest absolute Gasteiger partial charge is 0.384 e. The van der Waals surface area contributed by atoms with E-state index in [1.807, 2.05) is 0 Å². The Morgan fingerprint density at radius 2 is 1.90 bits per heavy atom. The summed E-state index contributed by atoms with van der Waals surface area (Å²) in [7, 11) is 0. The van der Waals surface area contributed by atoms with Crippen molar-refractivity contribution in [3.63, 3.8) is 0 Å². The maximum Gasteiger partial charge on any atom is 0.0424 e. The molecule has 2 nitrogen and oxygen atoms in total. The minimum absolute atomic E-state index is 0.589. The second-order valence-corrected chi connectivity index (χ2v) is 5.76. The van der Waals surface area contributed by atoms with E-state index in [4.69, 9.17) is 0 Å². The molecule has 0 bridgehead atoms. The first-order valence-corrected chi connectivity index (χ1v) is 7.42. The minimum Gasteiger partial charge on any atom is -0.384 e. The van der Waals surface area contributed by atoms with E-state index in [1.165, 1.54) is 28.1 Å². The summed E-state index contributed by atoms with van der Waals surface area (Å²) in [5.41, 5.74) is 6.70. The fraction of sp³-hybridized carbons (Fsp3) is 0.333. The van der Waals surface area contributed by atoms with E-state index in [1.54, 1.807) is 0 Å². The fourth-order valence-electron chi connectivity index (χ4n) is 2.74. The van der Waals surface area contributed by atoms with Gasteiger partial charge >= 0.3 is 0 Å². The van der Waals surface area contributed by atoms with Crippen LogP contribution in [0.25, 0.3) is 0 Å². The van der Waals surface area contributed by atoms with Crippen LogP contribution in [0.5, 0.6) is 0 Å². The Morgan fingerprint density at radius 1 is 1.10 bits per heavy atom. The van der Waals surface area contributed by atoms with Crippen molar-refractivity contribution >= 4 is 11.4 Å². The monoisotopic (exact) mass is 266 g/mol. The van der Waals surface area contributed by atoms with Crippen LogP contribution in [0.4, 0.5) is 11.4 Å². The van der Waals surface area contributed by atoms with Gasteiger partial charge < -0.3 is 10.6 Å². The van der Waals surface area contributed by atoms with Crippen molar-refractivity contribution in [2.75, 3.05) is 17.2 Å². The quantitative estimate of drug-likeness (QED) is 0.857. The Kier molecular flexibility index (Phi) is 3.64. The summed E-state index contributed by atoms with van der Waals surface area (Å²) >= 11 is 0. The standard InChI is InChI=1S/C18H22N2/c1-13(2)14-6-8-17(9-7-14)20-12-16-5-3-4-15-10-11-19-18(15)16/h3-9,13,19-20H,10-12H2,1-2H3. The van der Waals surface area contributed by atoms with Gasteiger partial charge in [-0.25, -0.2) is 0 Å². The highest BCUT2D eigenvalue weighted by atomic mass is 14.9. The van der Waals surface area contributed by atoms with Crippen molar-refractivity contribution in [2.45, 2.75) is 32.7 Å². The van der Waals surface area contributed by atoms with Crippen LogP contribution in [-0.4, -0.2) is 6.54 Å². The summed E-state index contributed by atoms with van der Waals surface area (Å²) in [5.74, 6) is 0.589. The molecule has 0 aliphatic carbocycles. The lowest BCUT2D eigenvalue weighted by Crippen LogP contribution is -2.03. The Morgan fingerprint density at radius 3 is 2.65 bits per heavy atom. The van der Waals surface area contributed by atoms with E-state index in [0.29, 0.717) is 5.92 Å². The van der Waals surface area contributed by atoms with Crippen LogP contribution in [0.2, 0.25) is 0 Å². The van der Waals surface area contributed by atoms with Crippen LogP contribution >= 0.6 is 0 Å². The maximum atomic E-state index is 3.52. The van der Waals surface area contributed by atoms with Gasteiger partial charge in [-0.3, -0.25) is 0 Å². The highest BCUT2D eigenvalue weighted by molar-refractivity contribution is 5.62. The number of hydrogen-bond acceptors (Lipinski definition) is 2. The molecule has 2 N–H and O–H groups in total. The predicted molar refractivity (Wildman–Crippen MR) is 86.5 cm³/mol. The van der Waals surface area contributed by atoms with E-state index in [2.05, 4.69) is 66.9 Å². The van der Waals surface area contributed by atoms with Crippen molar-refractivity contribution in [3.05, 3.63) is 59.2 Å². The van der Waals surface area contributed by atoms with Crippen molar-refractivity contribution in [2.24, 2.45) is 0 Å². The van der Waals surface area contributed by atoms with Gasteiger partial charge in [-0.2, -0.15) is 0 Å². The minimum atomic E-state index is 0.589. The number of para-hydroxylation sites is 1. The number of fused-ring (bicyclic) bond motifs is 1. The van der Waals surface area contributed by atoms with Crippen molar-refractivity contribution in [1.29, 1.82) is 0 Å². The molecule has 2 aromatic carbocycles. The van der Waals surface area contributed by atoms with Crippen LogP contribution in [0.3, 0.4) is 0 Å². The lowest BCUT2D eigenvalue weighted by Gasteiger charge is -2.12. The molecule has 1 aliphatic rings. The average Bonchev–Trinajstić information content (AvgIpc) is 2.94. The van der Waals surface area contributed by atoms with Crippen molar-refractivity contribution in [3.8, 4) is 0 Å². The smallest absolute Gasteiger partial charge is 0.0424 e. The average molecular weight is 266 g/mol. The van der Waals surface area contributed by atoms with Gasteiger partial charge in [0, 0.05) is 24.5 Å². The Hall–Kier alpha value is -1.96. The molecule has 0 amide bonds. The molecule has 0 saturated heterocycles. The van der Waals surface area contributed by atoms with Gasteiger partial charge in [0.15, 0.2) is 0 Å². The number of nitrogens with one attached hydrogen (secondary N) is 2. The number of anilines is 2. The summed E-state index contributed by atoms with van der Waals surface area (Å²) in [4.78, 5) is 0. The van der Waals surface area contributed by atoms with Crippen LogP contribution in [0.15, 0.2) is 42.5 Å². The van der Waals surface area contributed by atoms with Crippen LogP contribution < -0.4 is 10.6 Å². The van der Waals surface area contributed by atoms with E-state index < -0.39 is 0 Å². The number of rotatable bonds is 4. The van der Waals surface area contributed by atoms with Gasteiger partial charge in [0.1, 0.15) is 0 Å². The van der Waals surface area contributed by atoms with Gasteiger partial charge in [-0.15, -0.1) is 0 Å². The molecule has 0 spiro atoms. The zero-order chi connectivity index (χ0) is 13.9. The van der Waals surface area contributed by atoms with Gasteiger partial charge in [-0.1, -0.05) is 44.2 Å². The molecular weight excluding hydrogens is 244 g/mol. The zero-order valence-corrected chi connectivity index (χ0v) is 12.2. The first-order chi connectivity index (χ1) is 9.74. The molecule has 0 saturated carbocycles. The Balaban J connectivity index is 1.69. The second kappa shape index (κ2) is 5.58. The number of benzene rings is 2. The van der Waals surface area contributed by atoms with Gasteiger partial charge in [0.05, 0.1) is 0 Å². The van der Waals surface area contributed by atoms with Gasteiger partial charge in [0.25, 0.3) is 0 Å². The van der Waals surface area contributed by atoms with Crippen LogP contribution in [0.1, 0.15) is 36.5 Å². The first kappa shape index (κ1) is 13.0. The molecule has 104 valence electrons. The highest BCUT2D eigenvalue weighted by Crippen LogP contribution is 2.27. The Bertz CT molecular complexity index is 585. The lowest BCUT2D eigenvalue weighted by molar-refractivity contribution is 0.867. The summed E-state index contributed by atoms with van der Waals surface area (Å²) in [6.45, 7) is 6.38. The number of hydrogen-bond donors (Lipinski definition) is 2. The molecule has 0 unspecified atom stereocenters. The van der Waals surface area contributed by atoms with Gasteiger partial charge in [0.2, 0.25) is 0 Å². The lowest BCUT2D eigenvalue weighted by atomic mass is 10.0. The summed E-state index contributed by atoms with van der Waals surface area (Å²) in [6.07, 6.45) is 1.15. The zero-order valence-electron chi connectivity index (χ0n) is 12.2. The molecule has 2 heteroatoms. The van der Waals surface area contributed by atoms with E-state index in [9.17, 15) is 0 Å². The molecule has 0 fully saturated rings. The van der Waals surface area contributed by atoms with E-state index in [-0.39, 0.29) is 0 Å². The topological polar surface area (TPSA) is 24.1 Å². The van der Waals surface area contributed by atoms with Crippen molar-refractivity contribution in [1.82, 2.24) is 0 Å². The molecule has 3 rings (SSSR count). The SMILES string of the molecule is CC(C)c1ccc(NCc2cccc3c2NCC3)cc1. The molecule has 2 aromatic rings. The maximum absolute atomic E-state index is 3.52. The molecule has 0 aromatic heterocycles. The molecule has 0 atom stereocenters. The molecule has 1 aliphatic heterocycles. The summed E-state index contributed by atoms with van der Waals surface area (Å²) in [5, 5.41) is 7.01. The molecule has 0 radical (unpaired) electrons. The van der Waals surface area contributed by atoms with E-state index >= 15 is 0 Å². The predicted octanol–water partition coefficient (Wildman–Crippen LogP) is 4.39. The van der Waals surface area contributed by atoms with Crippen LogP contribution in [-0.2, 0) is 13.0 Å².